The van der Waals surface area contributed by atoms with E-state index < -0.39 is 21.9 Å². The lowest BCUT2D eigenvalue weighted by atomic mass is 10.1. The van der Waals surface area contributed by atoms with E-state index in [0.29, 0.717) is 6.42 Å². The molecule has 0 radical (unpaired) electrons. The molecule has 1 unspecified atom stereocenters. The van der Waals surface area contributed by atoms with Crippen LogP contribution in [-0.4, -0.2) is 16.1 Å². The Morgan fingerprint density at radius 3 is 2.39 bits per heavy atom. The Hall–Kier alpha value is -1.10. The average molecular weight is 276 g/mol. The molecule has 18 heavy (non-hydrogen) atoms. The number of alkyl halides is 3. The molecule has 100 valence electrons. The first-order chi connectivity index (χ1) is 8.45. The van der Waals surface area contributed by atoms with Gasteiger partial charge in [-0.15, -0.1) is 0 Å². The molecule has 1 aromatic carbocycles. The first-order valence-electron chi connectivity index (χ1n) is 5.64. The highest BCUT2D eigenvalue weighted by Crippen LogP contribution is 2.28. The Balaban J connectivity index is 2.70. The number of aryl methyl sites for hydroxylation is 1. The molecule has 0 saturated carbocycles. The van der Waals surface area contributed by atoms with E-state index in [1.165, 1.54) is 6.92 Å². The van der Waals surface area contributed by atoms with Gasteiger partial charge in [-0.25, -0.2) is 0 Å². The molecule has 0 heterocycles. The molecule has 0 saturated heterocycles. The van der Waals surface area contributed by atoms with Crippen molar-refractivity contribution in [1.29, 1.82) is 0 Å². The zero-order valence-electron chi connectivity index (χ0n) is 10.0. The van der Waals surface area contributed by atoms with Crippen LogP contribution in [0, 0.1) is 0 Å². The quantitative estimate of drug-likeness (QED) is 0.798. The smallest absolute Gasteiger partial charge is 0.254 e. The monoisotopic (exact) mass is 276 g/mol. The molecule has 0 aliphatic carbocycles. The van der Waals surface area contributed by atoms with Gasteiger partial charge in [0.15, 0.2) is 0 Å². The standard InChI is InChI=1S/C13H15F3OS/c1-2-18(17)12(13(14,15)16)10-6-9-11-7-4-3-5-8-11/h3-5,7-8,10H,2,6,9H2,1H3/b12-10+. The summed E-state index contributed by atoms with van der Waals surface area (Å²) < 4.78 is 49.2. The predicted molar refractivity (Wildman–Crippen MR) is 67.6 cm³/mol. The van der Waals surface area contributed by atoms with Crippen LogP contribution in [0.4, 0.5) is 13.2 Å². The van der Waals surface area contributed by atoms with Gasteiger partial charge in [0.1, 0.15) is 4.91 Å². The fourth-order valence-electron chi connectivity index (χ4n) is 1.51. The zero-order chi connectivity index (χ0) is 13.6. The third kappa shape index (κ3) is 4.64. The van der Waals surface area contributed by atoms with E-state index in [-0.39, 0.29) is 12.2 Å². The van der Waals surface area contributed by atoms with Crippen molar-refractivity contribution in [1.82, 2.24) is 0 Å². The summed E-state index contributed by atoms with van der Waals surface area (Å²) in [6, 6.07) is 9.25. The Labute approximate surface area is 107 Å². The fourth-order valence-corrected chi connectivity index (χ4v) is 2.38. The van der Waals surface area contributed by atoms with Gasteiger partial charge in [0, 0.05) is 5.75 Å². The van der Waals surface area contributed by atoms with Crippen LogP contribution in [0.2, 0.25) is 0 Å². The van der Waals surface area contributed by atoms with Crippen molar-refractivity contribution in [2.45, 2.75) is 25.9 Å². The highest BCUT2D eigenvalue weighted by atomic mass is 32.2. The van der Waals surface area contributed by atoms with E-state index in [4.69, 9.17) is 0 Å². The molecule has 5 heteroatoms. The molecule has 0 bridgehead atoms. The SMILES string of the molecule is CCS(=O)/C(=C/CCc1ccccc1)C(F)(F)F. The van der Waals surface area contributed by atoms with Crippen LogP contribution in [0.3, 0.4) is 0 Å². The van der Waals surface area contributed by atoms with Crippen molar-refractivity contribution in [3.05, 3.63) is 46.9 Å². The molecule has 0 aromatic heterocycles. The van der Waals surface area contributed by atoms with Crippen molar-refractivity contribution in [2.24, 2.45) is 0 Å². The van der Waals surface area contributed by atoms with Crippen LogP contribution in [0.25, 0.3) is 0 Å². The van der Waals surface area contributed by atoms with Crippen LogP contribution < -0.4 is 0 Å². The topological polar surface area (TPSA) is 17.1 Å². The maximum atomic E-state index is 12.6. The normalized spacial score (nSPS) is 14.6. The van der Waals surface area contributed by atoms with E-state index >= 15 is 0 Å². The van der Waals surface area contributed by atoms with Crippen LogP contribution >= 0.6 is 0 Å². The van der Waals surface area contributed by atoms with Crippen LogP contribution in [0.1, 0.15) is 18.9 Å². The first kappa shape index (κ1) is 15.0. The molecule has 1 nitrogen and oxygen atoms in total. The molecule has 1 atom stereocenters. The van der Waals surface area contributed by atoms with E-state index in [9.17, 15) is 17.4 Å². The summed E-state index contributed by atoms with van der Waals surface area (Å²) in [5, 5.41) is 0. The predicted octanol–water partition coefficient (Wildman–Crippen LogP) is 3.83. The molecule has 1 aromatic rings. The number of halogens is 3. The summed E-state index contributed by atoms with van der Waals surface area (Å²) in [6.07, 6.45) is -2.70. The molecule has 0 amide bonds. The van der Waals surface area contributed by atoms with Gasteiger partial charge in [-0.05, 0) is 18.4 Å². The minimum atomic E-state index is -4.50. The van der Waals surface area contributed by atoms with Gasteiger partial charge in [0.05, 0.1) is 10.8 Å². The van der Waals surface area contributed by atoms with E-state index in [0.717, 1.165) is 11.6 Å². The van der Waals surface area contributed by atoms with Crippen molar-refractivity contribution in [3.63, 3.8) is 0 Å². The van der Waals surface area contributed by atoms with Gasteiger partial charge < -0.3 is 0 Å². The zero-order valence-corrected chi connectivity index (χ0v) is 10.9. The number of rotatable bonds is 5. The van der Waals surface area contributed by atoms with Crippen molar-refractivity contribution in [2.75, 3.05) is 5.75 Å². The van der Waals surface area contributed by atoms with Gasteiger partial charge in [0.2, 0.25) is 0 Å². The van der Waals surface area contributed by atoms with Crippen molar-refractivity contribution in [3.8, 4) is 0 Å². The summed E-state index contributed by atoms with van der Waals surface area (Å²) in [5.41, 5.74) is 0.970. The van der Waals surface area contributed by atoms with Gasteiger partial charge in [-0.3, -0.25) is 4.21 Å². The molecular formula is C13H15F3OS. The van der Waals surface area contributed by atoms with Crippen LogP contribution in [-0.2, 0) is 17.2 Å². The van der Waals surface area contributed by atoms with Gasteiger partial charge >= 0.3 is 6.18 Å². The van der Waals surface area contributed by atoms with E-state index in [1.54, 1.807) is 0 Å². The lowest BCUT2D eigenvalue weighted by Gasteiger charge is -2.10. The highest BCUT2D eigenvalue weighted by Gasteiger charge is 2.36. The Morgan fingerprint density at radius 1 is 1.28 bits per heavy atom. The molecule has 0 aliphatic rings. The molecule has 0 aliphatic heterocycles. The Morgan fingerprint density at radius 2 is 1.89 bits per heavy atom. The van der Waals surface area contributed by atoms with Crippen molar-refractivity contribution >= 4 is 10.8 Å². The number of allylic oxidation sites excluding steroid dienone is 2. The average Bonchev–Trinajstić information content (AvgIpc) is 2.33. The molecule has 0 spiro atoms. The second kappa shape index (κ2) is 6.73. The van der Waals surface area contributed by atoms with Crippen molar-refractivity contribution < 1.29 is 17.4 Å². The highest BCUT2D eigenvalue weighted by molar-refractivity contribution is 7.89. The van der Waals surface area contributed by atoms with Gasteiger partial charge in [-0.2, -0.15) is 13.2 Å². The summed E-state index contributed by atoms with van der Waals surface area (Å²) in [4.78, 5) is -0.916. The number of hydrogen-bond acceptors (Lipinski definition) is 1. The summed E-state index contributed by atoms with van der Waals surface area (Å²) in [7, 11) is -1.96. The summed E-state index contributed by atoms with van der Waals surface area (Å²) >= 11 is 0. The van der Waals surface area contributed by atoms with E-state index in [1.807, 2.05) is 30.3 Å². The molecule has 0 N–H and O–H groups in total. The van der Waals surface area contributed by atoms with Gasteiger partial charge in [0.25, 0.3) is 0 Å². The van der Waals surface area contributed by atoms with Crippen LogP contribution in [0.5, 0.6) is 0 Å². The molecule has 1 rings (SSSR count). The summed E-state index contributed by atoms with van der Waals surface area (Å²) in [6.45, 7) is 1.48. The second-order valence-corrected chi connectivity index (χ2v) is 5.43. The third-order valence-electron chi connectivity index (χ3n) is 2.39. The largest absolute Gasteiger partial charge is 0.424 e. The number of benzene rings is 1. The van der Waals surface area contributed by atoms with E-state index in [2.05, 4.69) is 0 Å². The maximum Gasteiger partial charge on any atom is 0.424 e. The molecular weight excluding hydrogens is 261 g/mol. The Bertz CT molecular complexity index is 424. The van der Waals surface area contributed by atoms with Gasteiger partial charge in [-0.1, -0.05) is 43.3 Å². The third-order valence-corrected chi connectivity index (χ3v) is 3.81. The lowest BCUT2D eigenvalue weighted by molar-refractivity contribution is -0.0842. The molecule has 0 fully saturated rings. The minimum Gasteiger partial charge on any atom is -0.254 e. The fraction of sp³-hybridized carbons (Fsp3) is 0.385. The second-order valence-electron chi connectivity index (χ2n) is 3.72. The minimum absolute atomic E-state index is 0.0172. The van der Waals surface area contributed by atoms with Crippen LogP contribution in [0.15, 0.2) is 41.3 Å². The summed E-state index contributed by atoms with van der Waals surface area (Å²) in [5.74, 6) is -0.0172. The first-order valence-corrected chi connectivity index (χ1v) is 6.96. The maximum absolute atomic E-state index is 12.6. The lowest BCUT2D eigenvalue weighted by Crippen LogP contribution is -2.17. The Kier molecular flexibility index (Phi) is 5.59. The number of hydrogen-bond donors (Lipinski definition) is 0.